The van der Waals surface area contributed by atoms with Gasteiger partial charge in [0.05, 0.1) is 17.3 Å². The van der Waals surface area contributed by atoms with E-state index in [9.17, 15) is 14.7 Å². The molecule has 1 atom stereocenters. The predicted octanol–water partition coefficient (Wildman–Crippen LogP) is 2.21. The number of aliphatic carboxylic acids is 1. The molecule has 0 bridgehead atoms. The third-order valence-electron chi connectivity index (χ3n) is 4.12. The first-order valence-corrected chi connectivity index (χ1v) is 8.58. The second-order valence-electron chi connectivity index (χ2n) is 6.60. The van der Waals surface area contributed by atoms with Gasteiger partial charge in [0.1, 0.15) is 10.3 Å². The van der Waals surface area contributed by atoms with Crippen LogP contribution in [-0.4, -0.2) is 53.7 Å². The maximum absolute atomic E-state index is 12.8. The van der Waals surface area contributed by atoms with Crippen LogP contribution in [0.15, 0.2) is 0 Å². The van der Waals surface area contributed by atoms with Gasteiger partial charge in [0.15, 0.2) is 0 Å². The maximum Gasteiger partial charge on any atom is 0.313 e. The highest BCUT2D eigenvalue weighted by Crippen LogP contribution is 2.33. The number of ether oxygens (including phenoxy) is 1. The number of carbonyl (C=O) groups excluding carboxylic acids is 1. The molecule has 0 saturated carbocycles. The van der Waals surface area contributed by atoms with E-state index in [4.69, 9.17) is 4.74 Å². The lowest BCUT2D eigenvalue weighted by Gasteiger charge is -2.23. The van der Waals surface area contributed by atoms with E-state index in [2.05, 4.69) is 18.8 Å². The van der Waals surface area contributed by atoms with Gasteiger partial charge in [-0.25, -0.2) is 4.98 Å². The lowest BCUT2D eigenvalue weighted by atomic mass is 9.88. The number of aromatic nitrogens is 1. The molecular weight excluding hydrogens is 316 g/mol. The van der Waals surface area contributed by atoms with Gasteiger partial charge in [0, 0.05) is 20.2 Å². The summed E-state index contributed by atoms with van der Waals surface area (Å²) in [6.07, 6.45) is 1.17. The van der Waals surface area contributed by atoms with Crippen LogP contribution in [0, 0.1) is 18.3 Å². The Hall–Kier alpha value is -1.47. The minimum Gasteiger partial charge on any atom is -0.481 e. The van der Waals surface area contributed by atoms with Gasteiger partial charge in [0.25, 0.3) is 5.91 Å². The molecule has 0 spiro atoms. The monoisotopic (exact) mass is 340 g/mol. The number of amides is 1. The quantitative estimate of drug-likeness (QED) is 0.859. The molecule has 2 heterocycles. The number of methoxy groups -OCH3 is 1. The fraction of sp³-hybridized carbons (Fsp3) is 0.688. The normalized spacial score (nSPS) is 21.2. The SMILES string of the molecule is COCC1(C(=O)O)CCN(C(=O)c2sc(C)nc2CC(C)C)C1. The molecule has 1 aliphatic heterocycles. The summed E-state index contributed by atoms with van der Waals surface area (Å²) < 4.78 is 5.08. The number of thiazole rings is 1. The van der Waals surface area contributed by atoms with E-state index in [-0.39, 0.29) is 19.1 Å². The standard InChI is InChI=1S/C16H24N2O4S/c1-10(2)7-12-13(23-11(3)17-12)14(19)18-6-5-16(8-18,9-22-4)15(20)21/h10H,5-9H2,1-4H3,(H,20,21). The molecule has 1 amide bonds. The zero-order chi connectivity index (χ0) is 17.2. The summed E-state index contributed by atoms with van der Waals surface area (Å²) in [6.45, 7) is 6.81. The number of hydrogen-bond donors (Lipinski definition) is 1. The van der Waals surface area contributed by atoms with Crippen LogP contribution >= 0.6 is 11.3 Å². The average molecular weight is 340 g/mol. The molecule has 0 aliphatic carbocycles. The lowest BCUT2D eigenvalue weighted by molar-refractivity contribution is -0.151. The van der Waals surface area contributed by atoms with Crippen molar-refractivity contribution in [3.05, 3.63) is 15.6 Å². The van der Waals surface area contributed by atoms with Crippen molar-refractivity contribution in [2.45, 2.75) is 33.6 Å². The summed E-state index contributed by atoms with van der Waals surface area (Å²) in [5, 5.41) is 10.4. The summed E-state index contributed by atoms with van der Waals surface area (Å²) in [5.41, 5.74) is -0.172. The van der Waals surface area contributed by atoms with Crippen molar-refractivity contribution in [3.8, 4) is 0 Å². The molecule has 23 heavy (non-hydrogen) atoms. The van der Waals surface area contributed by atoms with Crippen LogP contribution in [-0.2, 0) is 16.0 Å². The largest absolute Gasteiger partial charge is 0.481 e. The average Bonchev–Trinajstić information content (AvgIpc) is 3.03. The molecule has 1 N–H and O–H groups in total. The van der Waals surface area contributed by atoms with E-state index < -0.39 is 11.4 Å². The molecule has 1 aliphatic rings. The molecule has 7 heteroatoms. The second kappa shape index (κ2) is 6.97. The first kappa shape index (κ1) is 17.9. The van der Waals surface area contributed by atoms with Gasteiger partial charge >= 0.3 is 5.97 Å². The molecule has 1 saturated heterocycles. The highest BCUT2D eigenvalue weighted by molar-refractivity contribution is 7.13. The van der Waals surface area contributed by atoms with Crippen LogP contribution in [0.3, 0.4) is 0 Å². The summed E-state index contributed by atoms with van der Waals surface area (Å²) in [4.78, 5) is 31.2. The Morgan fingerprint density at radius 1 is 1.48 bits per heavy atom. The fourth-order valence-electron chi connectivity index (χ4n) is 2.98. The van der Waals surface area contributed by atoms with Crippen molar-refractivity contribution in [2.24, 2.45) is 11.3 Å². The van der Waals surface area contributed by atoms with Crippen molar-refractivity contribution in [2.75, 3.05) is 26.8 Å². The summed E-state index contributed by atoms with van der Waals surface area (Å²) in [5.74, 6) is -0.601. The van der Waals surface area contributed by atoms with Crippen LogP contribution in [0.2, 0.25) is 0 Å². The summed E-state index contributed by atoms with van der Waals surface area (Å²) in [6, 6.07) is 0. The Kier molecular flexibility index (Phi) is 5.41. The number of carboxylic acid groups (broad SMARTS) is 1. The highest BCUT2D eigenvalue weighted by Gasteiger charge is 2.47. The van der Waals surface area contributed by atoms with Gasteiger partial charge in [0.2, 0.25) is 0 Å². The third kappa shape index (κ3) is 3.72. The summed E-state index contributed by atoms with van der Waals surface area (Å²) >= 11 is 1.39. The Morgan fingerprint density at radius 2 is 2.17 bits per heavy atom. The predicted molar refractivity (Wildman–Crippen MR) is 87.9 cm³/mol. The molecule has 128 valence electrons. The topological polar surface area (TPSA) is 79.7 Å². The molecule has 1 aromatic heterocycles. The first-order valence-electron chi connectivity index (χ1n) is 7.77. The van der Waals surface area contributed by atoms with Gasteiger partial charge in [-0.2, -0.15) is 0 Å². The molecule has 1 fully saturated rings. The van der Waals surface area contributed by atoms with Crippen molar-refractivity contribution in [3.63, 3.8) is 0 Å². The molecule has 1 unspecified atom stereocenters. The van der Waals surface area contributed by atoms with Crippen LogP contribution in [0.1, 0.15) is 40.6 Å². The highest BCUT2D eigenvalue weighted by atomic mass is 32.1. The zero-order valence-electron chi connectivity index (χ0n) is 14.1. The van der Waals surface area contributed by atoms with Gasteiger partial charge in [-0.3, -0.25) is 9.59 Å². The van der Waals surface area contributed by atoms with E-state index in [1.54, 1.807) is 4.90 Å². The van der Waals surface area contributed by atoms with Gasteiger partial charge in [-0.1, -0.05) is 13.8 Å². The fourth-order valence-corrected chi connectivity index (χ4v) is 3.90. The second-order valence-corrected chi connectivity index (χ2v) is 7.81. The Balaban J connectivity index is 2.21. The van der Waals surface area contributed by atoms with Gasteiger partial charge in [-0.15, -0.1) is 11.3 Å². The van der Waals surface area contributed by atoms with E-state index in [0.29, 0.717) is 23.8 Å². The minimum atomic E-state index is -0.998. The number of rotatable bonds is 6. The van der Waals surface area contributed by atoms with Crippen molar-refractivity contribution in [1.82, 2.24) is 9.88 Å². The molecule has 0 radical (unpaired) electrons. The minimum absolute atomic E-state index is 0.106. The van der Waals surface area contributed by atoms with E-state index in [1.165, 1.54) is 18.4 Å². The van der Waals surface area contributed by atoms with Crippen molar-refractivity contribution < 1.29 is 19.4 Å². The number of likely N-dealkylation sites (tertiary alicyclic amines) is 1. The van der Waals surface area contributed by atoms with Crippen molar-refractivity contribution >= 4 is 23.2 Å². The van der Waals surface area contributed by atoms with E-state index >= 15 is 0 Å². The van der Waals surface area contributed by atoms with Crippen LogP contribution in [0.5, 0.6) is 0 Å². The number of hydrogen-bond acceptors (Lipinski definition) is 5. The Morgan fingerprint density at radius 3 is 2.74 bits per heavy atom. The smallest absolute Gasteiger partial charge is 0.313 e. The first-order chi connectivity index (χ1) is 10.8. The summed E-state index contributed by atoms with van der Waals surface area (Å²) in [7, 11) is 1.49. The Bertz CT molecular complexity index is 599. The van der Waals surface area contributed by atoms with Crippen LogP contribution < -0.4 is 0 Å². The van der Waals surface area contributed by atoms with Gasteiger partial charge in [-0.05, 0) is 25.7 Å². The molecular formula is C16H24N2O4S. The number of nitrogens with zero attached hydrogens (tertiary/aromatic N) is 2. The lowest BCUT2D eigenvalue weighted by Crippen LogP contribution is -2.40. The maximum atomic E-state index is 12.8. The van der Waals surface area contributed by atoms with E-state index in [1.807, 2.05) is 6.92 Å². The molecule has 0 aromatic carbocycles. The van der Waals surface area contributed by atoms with Gasteiger partial charge < -0.3 is 14.7 Å². The molecule has 6 nitrogen and oxygen atoms in total. The number of aryl methyl sites for hydroxylation is 1. The van der Waals surface area contributed by atoms with Crippen LogP contribution in [0.4, 0.5) is 0 Å². The molecule has 1 aromatic rings. The van der Waals surface area contributed by atoms with Crippen LogP contribution in [0.25, 0.3) is 0 Å². The van der Waals surface area contributed by atoms with E-state index in [0.717, 1.165) is 17.1 Å². The zero-order valence-corrected chi connectivity index (χ0v) is 14.9. The number of carboxylic acids is 1. The molecule has 2 rings (SSSR count). The van der Waals surface area contributed by atoms with Crippen molar-refractivity contribution in [1.29, 1.82) is 0 Å². The number of carbonyl (C=O) groups is 2. The third-order valence-corrected chi connectivity index (χ3v) is 5.12. The Labute approximate surface area is 140 Å².